The maximum Gasteiger partial charge on any atom is 0.349 e. The minimum Gasteiger partial charge on any atom is -1.00 e. The van der Waals surface area contributed by atoms with E-state index in [9.17, 15) is 9.59 Å². The average Bonchev–Trinajstić information content (AvgIpc) is 3.39. The number of esters is 2. The van der Waals surface area contributed by atoms with Crippen LogP contribution in [0.25, 0.3) is 22.3 Å². The molecule has 0 unspecified atom stereocenters. The van der Waals surface area contributed by atoms with Crippen molar-refractivity contribution in [2.24, 2.45) is 0 Å². The lowest BCUT2D eigenvalue weighted by molar-refractivity contribution is -0.906. The summed E-state index contributed by atoms with van der Waals surface area (Å²) in [6.07, 6.45) is 0. The van der Waals surface area contributed by atoms with Crippen LogP contribution in [0.2, 0.25) is 0 Å². The van der Waals surface area contributed by atoms with Crippen LogP contribution in [0.15, 0.2) is 60.7 Å². The summed E-state index contributed by atoms with van der Waals surface area (Å²) in [5.41, 5.74) is 3.16. The van der Waals surface area contributed by atoms with Gasteiger partial charge in [-0.05, 0) is 38.8 Å². The first-order valence-electron chi connectivity index (χ1n) is 14.0. The van der Waals surface area contributed by atoms with Crippen LogP contribution in [-0.4, -0.2) is 87.5 Å². The van der Waals surface area contributed by atoms with Crippen molar-refractivity contribution in [3.05, 3.63) is 70.4 Å². The molecule has 9 heteroatoms. The molecule has 0 aliphatic heterocycles. The number of benzene rings is 2. The van der Waals surface area contributed by atoms with Crippen LogP contribution in [-0.2, 0) is 9.47 Å². The van der Waals surface area contributed by atoms with E-state index in [4.69, 9.17) is 9.47 Å². The van der Waals surface area contributed by atoms with Gasteiger partial charge in [0, 0.05) is 11.1 Å². The SMILES string of the molecule is CC[N+](C)(CC)CCOC(=O)c1sc(C(=O)OCC[N+](C)(CC)CC)c(-c2ccccc2)c1-c1ccccc1.[I-].[I-]. The number of ether oxygens (including phenoxy) is 2. The largest absolute Gasteiger partial charge is 1.00 e. The normalized spacial score (nSPS) is 11.3. The first-order valence-corrected chi connectivity index (χ1v) is 14.8. The van der Waals surface area contributed by atoms with E-state index in [1.54, 1.807) is 0 Å². The van der Waals surface area contributed by atoms with Crippen LogP contribution in [0, 0.1) is 0 Å². The van der Waals surface area contributed by atoms with E-state index in [-0.39, 0.29) is 48.0 Å². The van der Waals surface area contributed by atoms with Crippen molar-refractivity contribution >= 4 is 23.3 Å². The second kappa shape index (κ2) is 17.5. The fraction of sp³-hybridized carbons (Fsp3) is 0.438. The summed E-state index contributed by atoms with van der Waals surface area (Å²) in [5.74, 6) is -0.815. The van der Waals surface area contributed by atoms with E-state index in [1.807, 2.05) is 60.7 Å². The molecule has 226 valence electrons. The second-order valence-corrected chi connectivity index (χ2v) is 11.5. The molecule has 0 amide bonds. The fourth-order valence-corrected chi connectivity index (χ4v) is 5.54. The van der Waals surface area contributed by atoms with Crippen molar-refractivity contribution < 1.29 is 76.0 Å². The molecule has 0 N–H and O–H groups in total. The summed E-state index contributed by atoms with van der Waals surface area (Å²) in [6.45, 7) is 14.5. The lowest BCUT2D eigenvalue weighted by atomic mass is 9.94. The molecular formula is C32H44I2N2O4S. The molecule has 2 aromatic carbocycles. The van der Waals surface area contributed by atoms with Crippen molar-refractivity contribution in [3.63, 3.8) is 0 Å². The molecule has 0 aliphatic carbocycles. The Morgan fingerprint density at radius 1 is 0.610 bits per heavy atom. The van der Waals surface area contributed by atoms with E-state index in [2.05, 4.69) is 41.8 Å². The molecule has 1 heterocycles. The first-order chi connectivity index (χ1) is 18.7. The number of carbonyl (C=O) groups is 2. The summed E-state index contributed by atoms with van der Waals surface area (Å²) >= 11 is 1.17. The number of halogens is 2. The van der Waals surface area contributed by atoms with Gasteiger partial charge in [-0.15, -0.1) is 11.3 Å². The molecular weight excluding hydrogens is 762 g/mol. The number of rotatable bonds is 14. The van der Waals surface area contributed by atoms with Crippen LogP contribution in [0.1, 0.15) is 47.0 Å². The minimum absolute atomic E-state index is 0. The zero-order valence-corrected chi connectivity index (χ0v) is 30.3. The van der Waals surface area contributed by atoms with Crippen molar-refractivity contribution in [2.75, 3.05) is 66.6 Å². The standard InChI is InChI=1S/C32H44N2O4S.2HI/c1-7-33(5,8-2)21-23-37-31(35)29-27(25-17-13-11-14-18-25)28(26-19-15-12-16-20-26)30(39-29)32(36)38-24-22-34(6,9-3)10-4;;/h11-20H,7-10,21-24H2,1-6H3;2*1H/q+2;;/p-2. The van der Waals surface area contributed by atoms with Gasteiger partial charge in [-0.2, -0.15) is 0 Å². The molecule has 6 nitrogen and oxygen atoms in total. The zero-order valence-electron chi connectivity index (χ0n) is 25.1. The van der Waals surface area contributed by atoms with Crippen molar-refractivity contribution in [1.29, 1.82) is 0 Å². The molecule has 3 aromatic rings. The van der Waals surface area contributed by atoms with Crippen LogP contribution in [0.3, 0.4) is 0 Å². The highest BCUT2D eigenvalue weighted by Crippen LogP contribution is 2.44. The summed E-state index contributed by atoms with van der Waals surface area (Å²) in [4.78, 5) is 28.0. The highest BCUT2D eigenvalue weighted by molar-refractivity contribution is 7.17. The number of carbonyl (C=O) groups excluding carboxylic acids is 2. The Balaban J connectivity index is 0.00000420. The third-order valence-corrected chi connectivity index (χ3v) is 9.34. The lowest BCUT2D eigenvalue weighted by Crippen LogP contribution is -3.00. The van der Waals surface area contributed by atoms with E-state index >= 15 is 0 Å². The predicted molar refractivity (Wildman–Crippen MR) is 160 cm³/mol. The molecule has 0 aliphatic rings. The van der Waals surface area contributed by atoms with Gasteiger partial charge in [-0.1, -0.05) is 60.7 Å². The van der Waals surface area contributed by atoms with Crippen LogP contribution < -0.4 is 48.0 Å². The molecule has 0 atom stereocenters. The van der Waals surface area contributed by atoms with E-state index in [0.29, 0.717) is 23.0 Å². The van der Waals surface area contributed by atoms with Gasteiger partial charge in [0.1, 0.15) is 36.1 Å². The average molecular weight is 807 g/mol. The predicted octanol–water partition coefficient (Wildman–Crippen LogP) is 0.377. The van der Waals surface area contributed by atoms with Crippen LogP contribution in [0.5, 0.6) is 0 Å². The Morgan fingerprint density at radius 2 is 0.927 bits per heavy atom. The van der Waals surface area contributed by atoms with Gasteiger partial charge in [0.25, 0.3) is 0 Å². The maximum atomic E-state index is 13.6. The van der Waals surface area contributed by atoms with Gasteiger partial charge in [-0.3, -0.25) is 0 Å². The Morgan fingerprint density at radius 3 is 1.22 bits per heavy atom. The van der Waals surface area contributed by atoms with Crippen molar-refractivity contribution in [2.45, 2.75) is 27.7 Å². The van der Waals surface area contributed by atoms with Crippen LogP contribution in [0.4, 0.5) is 0 Å². The quantitative estimate of drug-likeness (QED) is 0.135. The summed E-state index contributed by atoms with van der Waals surface area (Å²) < 4.78 is 13.3. The highest BCUT2D eigenvalue weighted by Gasteiger charge is 2.30. The second-order valence-electron chi connectivity index (χ2n) is 10.5. The minimum atomic E-state index is -0.407. The van der Waals surface area contributed by atoms with E-state index in [0.717, 1.165) is 70.5 Å². The number of hydrogen-bond acceptors (Lipinski definition) is 5. The smallest absolute Gasteiger partial charge is 0.349 e. The van der Waals surface area contributed by atoms with E-state index in [1.165, 1.54) is 11.3 Å². The number of hydrogen-bond donors (Lipinski definition) is 0. The van der Waals surface area contributed by atoms with Crippen molar-refractivity contribution in [3.8, 4) is 22.3 Å². The topological polar surface area (TPSA) is 52.6 Å². The maximum absolute atomic E-state index is 13.6. The monoisotopic (exact) mass is 806 g/mol. The first kappa shape index (κ1) is 37.5. The Kier molecular flexibility index (Phi) is 16.0. The third-order valence-electron chi connectivity index (χ3n) is 8.19. The Bertz CT molecular complexity index is 1130. The van der Waals surface area contributed by atoms with Crippen LogP contribution >= 0.6 is 11.3 Å². The summed E-state index contributed by atoms with van der Waals surface area (Å²) in [5, 5.41) is 0. The van der Waals surface area contributed by atoms with Gasteiger partial charge < -0.3 is 66.4 Å². The number of quaternary nitrogens is 2. The molecule has 0 saturated heterocycles. The molecule has 0 spiro atoms. The molecule has 0 saturated carbocycles. The zero-order chi connectivity index (χ0) is 28.5. The molecule has 0 fully saturated rings. The molecule has 0 bridgehead atoms. The number of nitrogens with zero attached hydrogens (tertiary/aromatic N) is 2. The lowest BCUT2D eigenvalue weighted by Gasteiger charge is -2.31. The molecule has 1 aromatic heterocycles. The molecule has 3 rings (SSSR count). The summed E-state index contributed by atoms with van der Waals surface area (Å²) in [7, 11) is 4.33. The van der Waals surface area contributed by atoms with Gasteiger partial charge in [0.2, 0.25) is 0 Å². The fourth-order valence-electron chi connectivity index (χ4n) is 4.41. The van der Waals surface area contributed by atoms with Gasteiger partial charge in [-0.25, -0.2) is 9.59 Å². The van der Waals surface area contributed by atoms with Gasteiger partial charge >= 0.3 is 11.9 Å². The number of thiophene rings is 1. The Labute approximate surface area is 284 Å². The van der Waals surface area contributed by atoms with Crippen molar-refractivity contribution in [1.82, 2.24) is 0 Å². The molecule has 41 heavy (non-hydrogen) atoms. The summed E-state index contributed by atoms with van der Waals surface area (Å²) in [6, 6.07) is 19.5. The van der Waals surface area contributed by atoms with Gasteiger partial charge in [0.15, 0.2) is 0 Å². The van der Waals surface area contributed by atoms with Gasteiger partial charge in [0.05, 0.1) is 40.3 Å². The third kappa shape index (κ3) is 9.74. The number of likely N-dealkylation sites (N-methyl/N-ethyl adjacent to an activating group) is 2. The van der Waals surface area contributed by atoms with E-state index < -0.39 is 11.9 Å². The molecule has 0 radical (unpaired) electrons. The Hall–Kier alpha value is -1.54. The highest BCUT2D eigenvalue weighted by atomic mass is 127.